The normalized spacial score (nSPS) is 10.8. The summed E-state index contributed by atoms with van der Waals surface area (Å²) in [5.74, 6) is 1.32. The number of thioether (sulfide) groups is 1. The second kappa shape index (κ2) is 6.01. The van der Waals surface area contributed by atoms with Crippen molar-refractivity contribution in [3.8, 4) is 0 Å². The number of nitrogens with one attached hydrogen (secondary N) is 3. The zero-order valence-electron chi connectivity index (χ0n) is 11.8. The lowest BCUT2D eigenvalue weighted by molar-refractivity contribution is 1.07. The van der Waals surface area contributed by atoms with Crippen molar-refractivity contribution in [2.24, 2.45) is 0 Å². The maximum atomic E-state index is 4.53. The molecule has 0 spiro atoms. The minimum absolute atomic E-state index is 0.582. The van der Waals surface area contributed by atoms with Gasteiger partial charge in [0.25, 0.3) is 0 Å². The standard InChI is InChI=1S/C14H16N6S/c1-3-15-14-18-12(9-8-16-20-13(9)19-14)17-10-6-4-5-7-11(10)21-2/h4-8H,3H2,1-2H3,(H3,15,16,17,18,19,20). The molecule has 21 heavy (non-hydrogen) atoms. The molecular weight excluding hydrogens is 284 g/mol. The largest absolute Gasteiger partial charge is 0.354 e. The summed E-state index contributed by atoms with van der Waals surface area (Å²) in [4.78, 5) is 10.1. The summed E-state index contributed by atoms with van der Waals surface area (Å²) in [6.07, 6.45) is 3.78. The molecule has 3 N–H and O–H groups in total. The van der Waals surface area contributed by atoms with Crippen LogP contribution in [0.2, 0.25) is 0 Å². The summed E-state index contributed by atoms with van der Waals surface area (Å²) < 4.78 is 0. The number of aromatic nitrogens is 4. The van der Waals surface area contributed by atoms with Crippen LogP contribution >= 0.6 is 11.8 Å². The fraction of sp³-hybridized carbons (Fsp3) is 0.214. The molecule has 0 radical (unpaired) electrons. The highest BCUT2D eigenvalue weighted by Gasteiger charge is 2.10. The van der Waals surface area contributed by atoms with Crippen LogP contribution in [0, 0.1) is 0 Å². The molecule has 0 amide bonds. The number of para-hydroxylation sites is 1. The number of rotatable bonds is 5. The molecule has 0 aliphatic heterocycles. The number of anilines is 3. The molecule has 0 saturated carbocycles. The Kier molecular flexibility index (Phi) is 3.92. The van der Waals surface area contributed by atoms with Gasteiger partial charge in [-0.3, -0.25) is 5.10 Å². The maximum absolute atomic E-state index is 4.53. The van der Waals surface area contributed by atoms with Crippen LogP contribution < -0.4 is 10.6 Å². The van der Waals surface area contributed by atoms with Gasteiger partial charge in [0.2, 0.25) is 5.95 Å². The molecule has 0 aliphatic carbocycles. The number of hydrogen-bond acceptors (Lipinski definition) is 6. The smallest absolute Gasteiger partial charge is 0.226 e. The summed E-state index contributed by atoms with van der Waals surface area (Å²) in [5.41, 5.74) is 1.73. The van der Waals surface area contributed by atoms with Crippen LogP contribution in [0.1, 0.15) is 6.92 Å². The average molecular weight is 300 g/mol. The maximum Gasteiger partial charge on any atom is 0.226 e. The van der Waals surface area contributed by atoms with E-state index in [0.29, 0.717) is 11.6 Å². The molecule has 0 saturated heterocycles. The van der Waals surface area contributed by atoms with E-state index in [1.165, 1.54) is 0 Å². The van der Waals surface area contributed by atoms with Gasteiger partial charge in [0.15, 0.2) is 5.65 Å². The number of nitrogens with zero attached hydrogens (tertiary/aromatic N) is 3. The molecule has 0 atom stereocenters. The van der Waals surface area contributed by atoms with Crippen LogP contribution in [0.3, 0.4) is 0 Å². The Morgan fingerprint density at radius 3 is 2.90 bits per heavy atom. The minimum atomic E-state index is 0.582. The number of aromatic amines is 1. The third-order valence-electron chi connectivity index (χ3n) is 3.00. The molecular formula is C14H16N6S. The predicted octanol–water partition coefficient (Wildman–Crippen LogP) is 3.25. The lowest BCUT2D eigenvalue weighted by Crippen LogP contribution is -2.05. The number of hydrogen-bond donors (Lipinski definition) is 3. The van der Waals surface area contributed by atoms with Gasteiger partial charge in [-0.1, -0.05) is 12.1 Å². The topological polar surface area (TPSA) is 78.5 Å². The van der Waals surface area contributed by atoms with Gasteiger partial charge in [-0.05, 0) is 25.3 Å². The molecule has 0 aliphatic rings. The summed E-state index contributed by atoms with van der Waals surface area (Å²) >= 11 is 1.69. The molecule has 108 valence electrons. The van der Waals surface area contributed by atoms with Crippen molar-refractivity contribution in [2.45, 2.75) is 11.8 Å². The molecule has 6 nitrogen and oxygen atoms in total. The first-order valence-corrected chi connectivity index (χ1v) is 7.89. The van der Waals surface area contributed by atoms with E-state index in [4.69, 9.17) is 0 Å². The molecule has 7 heteroatoms. The molecule has 3 rings (SSSR count). The van der Waals surface area contributed by atoms with Crippen LogP contribution in [-0.2, 0) is 0 Å². The summed E-state index contributed by atoms with van der Waals surface area (Å²) in [6.45, 7) is 2.77. The second-order valence-electron chi connectivity index (χ2n) is 4.38. The van der Waals surface area contributed by atoms with Crippen LogP contribution in [0.4, 0.5) is 17.5 Å². The van der Waals surface area contributed by atoms with Crippen LogP contribution in [0.25, 0.3) is 11.0 Å². The fourth-order valence-corrected chi connectivity index (χ4v) is 2.60. The lowest BCUT2D eigenvalue weighted by atomic mass is 10.3. The first-order chi connectivity index (χ1) is 10.3. The zero-order chi connectivity index (χ0) is 14.7. The SMILES string of the molecule is CCNc1nc(Nc2ccccc2SC)c2cn[nH]c2n1. The van der Waals surface area contributed by atoms with Crippen LogP contribution in [-0.4, -0.2) is 33.0 Å². The molecule has 2 aromatic heterocycles. The molecule has 1 aromatic carbocycles. The average Bonchev–Trinajstić information content (AvgIpc) is 2.97. The van der Waals surface area contributed by atoms with Gasteiger partial charge in [0.1, 0.15) is 5.82 Å². The quantitative estimate of drug-likeness (QED) is 0.628. The lowest BCUT2D eigenvalue weighted by Gasteiger charge is -2.11. The van der Waals surface area contributed by atoms with Gasteiger partial charge < -0.3 is 10.6 Å². The second-order valence-corrected chi connectivity index (χ2v) is 5.23. The summed E-state index contributed by atoms with van der Waals surface area (Å²) in [5, 5.41) is 14.3. The predicted molar refractivity (Wildman–Crippen MR) is 87.4 cm³/mol. The third kappa shape index (κ3) is 2.78. The molecule has 2 heterocycles. The van der Waals surface area contributed by atoms with Gasteiger partial charge in [-0.15, -0.1) is 11.8 Å². The van der Waals surface area contributed by atoms with E-state index in [1.807, 2.05) is 25.1 Å². The van der Waals surface area contributed by atoms with E-state index in [0.717, 1.165) is 28.3 Å². The highest BCUT2D eigenvalue weighted by molar-refractivity contribution is 7.98. The Bertz CT molecular complexity index is 754. The third-order valence-corrected chi connectivity index (χ3v) is 3.80. The van der Waals surface area contributed by atoms with Gasteiger partial charge in [-0.2, -0.15) is 15.1 Å². The van der Waals surface area contributed by atoms with Crippen molar-refractivity contribution < 1.29 is 0 Å². The number of H-pyrrole nitrogens is 1. The van der Waals surface area contributed by atoms with E-state index in [1.54, 1.807) is 18.0 Å². The fourth-order valence-electron chi connectivity index (χ4n) is 2.04. The molecule has 0 fully saturated rings. The van der Waals surface area contributed by atoms with Crippen molar-refractivity contribution in [1.29, 1.82) is 0 Å². The molecule has 3 aromatic rings. The van der Waals surface area contributed by atoms with Gasteiger partial charge in [-0.25, -0.2) is 0 Å². The van der Waals surface area contributed by atoms with E-state index in [-0.39, 0.29) is 0 Å². The van der Waals surface area contributed by atoms with Crippen LogP contribution in [0.5, 0.6) is 0 Å². The van der Waals surface area contributed by atoms with Crippen molar-refractivity contribution in [3.63, 3.8) is 0 Å². The first-order valence-electron chi connectivity index (χ1n) is 6.67. The zero-order valence-corrected chi connectivity index (χ0v) is 12.7. The first kappa shape index (κ1) is 13.7. The Balaban J connectivity index is 2.04. The van der Waals surface area contributed by atoms with E-state index >= 15 is 0 Å². The highest BCUT2D eigenvalue weighted by atomic mass is 32.2. The van der Waals surface area contributed by atoms with Gasteiger partial charge in [0, 0.05) is 11.4 Å². The Morgan fingerprint density at radius 1 is 1.24 bits per heavy atom. The van der Waals surface area contributed by atoms with Crippen molar-refractivity contribution >= 4 is 40.2 Å². The van der Waals surface area contributed by atoms with E-state index in [9.17, 15) is 0 Å². The van der Waals surface area contributed by atoms with Crippen LogP contribution in [0.15, 0.2) is 35.4 Å². The van der Waals surface area contributed by atoms with Gasteiger partial charge >= 0.3 is 0 Å². The van der Waals surface area contributed by atoms with Crippen molar-refractivity contribution in [1.82, 2.24) is 20.2 Å². The van der Waals surface area contributed by atoms with Crippen molar-refractivity contribution in [2.75, 3.05) is 23.4 Å². The summed E-state index contributed by atoms with van der Waals surface area (Å²) in [7, 11) is 0. The molecule has 0 bridgehead atoms. The Labute approximate surface area is 126 Å². The van der Waals surface area contributed by atoms with Crippen molar-refractivity contribution in [3.05, 3.63) is 30.5 Å². The Morgan fingerprint density at radius 2 is 2.10 bits per heavy atom. The van der Waals surface area contributed by atoms with Gasteiger partial charge in [0.05, 0.1) is 17.3 Å². The van der Waals surface area contributed by atoms with E-state index in [2.05, 4.69) is 43.1 Å². The monoisotopic (exact) mass is 300 g/mol. The Hall–Kier alpha value is -2.28. The number of fused-ring (bicyclic) bond motifs is 1. The molecule has 0 unspecified atom stereocenters. The minimum Gasteiger partial charge on any atom is -0.354 e. The number of benzene rings is 1. The van der Waals surface area contributed by atoms with E-state index < -0.39 is 0 Å². The summed E-state index contributed by atoms with van der Waals surface area (Å²) in [6, 6.07) is 8.13. The highest BCUT2D eigenvalue weighted by Crippen LogP contribution is 2.29.